The van der Waals surface area contributed by atoms with Crippen LogP contribution in [-0.4, -0.2) is 60.3 Å². The third-order valence-corrected chi connectivity index (χ3v) is 5.53. The molecule has 2 aromatic carbocycles. The van der Waals surface area contributed by atoms with Crippen LogP contribution in [0.3, 0.4) is 0 Å². The highest BCUT2D eigenvalue weighted by Crippen LogP contribution is 2.24. The number of halogens is 3. The molecule has 3 rings (SSSR count). The van der Waals surface area contributed by atoms with Crippen LogP contribution in [0.2, 0.25) is 5.02 Å². The predicted octanol–water partition coefficient (Wildman–Crippen LogP) is 4.67. The van der Waals surface area contributed by atoms with Gasteiger partial charge in [-0.05, 0) is 49.6 Å². The van der Waals surface area contributed by atoms with Crippen molar-refractivity contribution in [2.75, 3.05) is 39.3 Å². The molecule has 1 aliphatic heterocycles. The summed E-state index contributed by atoms with van der Waals surface area (Å²) in [5, 5.41) is 11.2. The molecule has 0 spiro atoms. The van der Waals surface area contributed by atoms with E-state index in [1.165, 1.54) is 11.1 Å². The van der Waals surface area contributed by atoms with Gasteiger partial charge < -0.3 is 9.84 Å². The van der Waals surface area contributed by atoms with Crippen molar-refractivity contribution in [2.45, 2.75) is 33.4 Å². The van der Waals surface area contributed by atoms with Gasteiger partial charge in [-0.15, -0.1) is 24.8 Å². The third-order valence-electron chi connectivity index (χ3n) is 5.28. The zero-order chi connectivity index (χ0) is 20.1. The number of rotatable bonds is 7. The van der Waals surface area contributed by atoms with Gasteiger partial charge in [-0.25, -0.2) is 0 Å². The van der Waals surface area contributed by atoms with Crippen LogP contribution >= 0.6 is 36.4 Å². The van der Waals surface area contributed by atoms with Gasteiger partial charge in [-0.1, -0.05) is 41.4 Å². The van der Waals surface area contributed by atoms with E-state index in [2.05, 4.69) is 54.8 Å². The molecular formula is C23H33Cl3N2O2. The second kappa shape index (κ2) is 12.7. The lowest BCUT2D eigenvalue weighted by Crippen LogP contribution is -2.48. The smallest absolute Gasteiger partial charge is 0.125 e. The Hall–Kier alpha value is -1.01. The van der Waals surface area contributed by atoms with Gasteiger partial charge in [-0.2, -0.15) is 0 Å². The first-order chi connectivity index (χ1) is 13.4. The number of aliphatic hydroxyl groups excluding tert-OH is 1. The molecule has 1 N–H and O–H groups in total. The van der Waals surface area contributed by atoms with Gasteiger partial charge in [0.25, 0.3) is 0 Å². The molecule has 1 aliphatic rings. The molecule has 2 aromatic rings. The normalized spacial score (nSPS) is 15.8. The summed E-state index contributed by atoms with van der Waals surface area (Å²) in [6.45, 7) is 12.1. The molecule has 1 fully saturated rings. The average Bonchev–Trinajstić information content (AvgIpc) is 2.64. The average molecular weight is 476 g/mol. The maximum absolute atomic E-state index is 10.4. The lowest BCUT2D eigenvalue weighted by molar-refractivity contribution is 0.0443. The Kier molecular flexibility index (Phi) is 11.5. The molecule has 168 valence electrons. The lowest BCUT2D eigenvalue weighted by Gasteiger charge is -2.35. The van der Waals surface area contributed by atoms with Crippen LogP contribution in [0.15, 0.2) is 36.4 Å². The molecule has 1 heterocycles. The number of β-amino-alcohol motifs (C(OH)–C–C–N with tert-alkyl or cyclic N) is 1. The van der Waals surface area contributed by atoms with Gasteiger partial charge in [0.05, 0.1) is 0 Å². The van der Waals surface area contributed by atoms with E-state index in [0.717, 1.165) is 54.6 Å². The summed E-state index contributed by atoms with van der Waals surface area (Å²) in [5.74, 6) is 0.900. The van der Waals surface area contributed by atoms with Gasteiger partial charge in [0.15, 0.2) is 0 Å². The van der Waals surface area contributed by atoms with Gasteiger partial charge in [0.1, 0.15) is 18.5 Å². The molecule has 4 nitrogen and oxygen atoms in total. The van der Waals surface area contributed by atoms with Gasteiger partial charge in [0, 0.05) is 44.3 Å². The third kappa shape index (κ3) is 7.92. The summed E-state index contributed by atoms with van der Waals surface area (Å²) in [4.78, 5) is 4.77. The number of ether oxygens (including phenoxy) is 1. The maximum atomic E-state index is 10.4. The van der Waals surface area contributed by atoms with Crippen LogP contribution in [0.25, 0.3) is 0 Å². The fourth-order valence-electron chi connectivity index (χ4n) is 3.90. The lowest BCUT2D eigenvalue weighted by atomic mass is 10.1. The summed E-state index contributed by atoms with van der Waals surface area (Å²) in [6, 6.07) is 12.3. The molecule has 30 heavy (non-hydrogen) atoms. The van der Waals surface area contributed by atoms with E-state index < -0.39 is 6.10 Å². The number of aryl methyl sites for hydroxylation is 3. The highest BCUT2D eigenvalue weighted by Gasteiger charge is 2.20. The van der Waals surface area contributed by atoms with Crippen LogP contribution in [0.5, 0.6) is 5.75 Å². The fourth-order valence-corrected chi connectivity index (χ4v) is 4.03. The van der Waals surface area contributed by atoms with E-state index in [-0.39, 0.29) is 24.8 Å². The number of hydrogen-bond donors (Lipinski definition) is 1. The van der Waals surface area contributed by atoms with E-state index in [0.29, 0.717) is 13.2 Å². The van der Waals surface area contributed by atoms with Crippen molar-refractivity contribution in [3.63, 3.8) is 0 Å². The van der Waals surface area contributed by atoms with Crippen molar-refractivity contribution in [3.8, 4) is 5.75 Å². The summed E-state index contributed by atoms with van der Waals surface area (Å²) >= 11 is 5.96. The van der Waals surface area contributed by atoms with E-state index >= 15 is 0 Å². The van der Waals surface area contributed by atoms with Crippen LogP contribution in [-0.2, 0) is 6.54 Å². The SMILES string of the molecule is Cc1cc(C)c(OCC(O)CN2CCN(Cc3ccc(Cl)cc3)CC2)c(C)c1.Cl.Cl. The zero-order valence-corrected chi connectivity index (χ0v) is 20.3. The Balaban J connectivity index is 0.00000225. The Morgan fingerprint density at radius 1 is 0.933 bits per heavy atom. The molecule has 1 atom stereocenters. The van der Waals surface area contributed by atoms with Crippen LogP contribution < -0.4 is 4.74 Å². The maximum Gasteiger partial charge on any atom is 0.125 e. The molecule has 0 bridgehead atoms. The second-order valence-corrected chi connectivity index (χ2v) is 8.33. The molecule has 7 heteroatoms. The van der Waals surface area contributed by atoms with Crippen molar-refractivity contribution >= 4 is 36.4 Å². The minimum atomic E-state index is -0.483. The van der Waals surface area contributed by atoms with E-state index in [4.69, 9.17) is 16.3 Å². The Morgan fingerprint density at radius 3 is 2.03 bits per heavy atom. The molecule has 0 radical (unpaired) electrons. The first-order valence-corrected chi connectivity index (χ1v) is 10.4. The predicted molar refractivity (Wildman–Crippen MR) is 130 cm³/mol. The summed E-state index contributed by atoms with van der Waals surface area (Å²) in [5.41, 5.74) is 4.77. The van der Waals surface area contributed by atoms with Gasteiger partial charge in [-0.3, -0.25) is 9.80 Å². The molecular weight excluding hydrogens is 443 g/mol. The minimum Gasteiger partial charge on any atom is -0.490 e. The molecule has 0 amide bonds. The molecule has 0 aliphatic carbocycles. The van der Waals surface area contributed by atoms with Crippen molar-refractivity contribution in [1.29, 1.82) is 0 Å². The van der Waals surface area contributed by atoms with Crippen molar-refractivity contribution in [3.05, 3.63) is 63.7 Å². The van der Waals surface area contributed by atoms with Crippen molar-refractivity contribution in [1.82, 2.24) is 9.80 Å². The molecule has 1 saturated heterocycles. The Bertz CT molecular complexity index is 756. The number of aliphatic hydroxyl groups is 1. The Morgan fingerprint density at radius 2 is 1.47 bits per heavy atom. The van der Waals surface area contributed by atoms with E-state index in [1.54, 1.807) is 0 Å². The van der Waals surface area contributed by atoms with Crippen LogP contribution in [0.1, 0.15) is 22.3 Å². The second-order valence-electron chi connectivity index (χ2n) is 7.90. The van der Waals surface area contributed by atoms with E-state index in [9.17, 15) is 5.11 Å². The first kappa shape index (κ1) is 27.0. The number of piperazine rings is 1. The quantitative estimate of drug-likeness (QED) is 0.631. The minimum absolute atomic E-state index is 0. The number of nitrogens with zero attached hydrogens (tertiary/aromatic N) is 2. The topological polar surface area (TPSA) is 35.9 Å². The fraction of sp³-hybridized carbons (Fsp3) is 0.478. The number of hydrogen-bond acceptors (Lipinski definition) is 4. The highest BCUT2D eigenvalue weighted by molar-refractivity contribution is 6.30. The molecule has 0 aromatic heterocycles. The molecule has 0 saturated carbocycles. The van der Waals surface area contributed by atoms with Crippen molar-refractivity contribution < 1.29 is 9.84 Å². The molecule has 1 unspecified atom stereocenters. The summed E-state index contributed by atoms with van der Waals surface area (Å²) < 4.78 is 5.94. The standard InChI is InChI=1S/C23H31ClN2O2.2ClH/c1-17-12-18(2)23(19(3)13-17)28-16-22(27)15-26-10-8-25(9-11-26)14-20-4-6-21(24)7-5-20;;/h4-7,12-13,22,27H,8-11,14-16H2,1-3H3;2*1H. The number of benzene rings is 2. The summed E-state index contributed by atoms with van der Waals surface area (Å²) in [7, 11) is 0. The first-order valence-electron chi connectivity index (χ1n) is 9.98. The summed E-state index contributed by atoms with van der Waals surface area (Å²) in [6.07, 6.45) is -0.483. The Labute approximate surface area is 198 Å². The largest absolute Gasteiger partial charge is 0.490 e. The highest BCUT2D eigenvalue weighted by atomic mass is 35.5. The van der Waals surface area contributed by atoms with Crippen LogP contribution in [0.4, 0.5) is 0 Å². The zero-order valence-electron chi connectivity index (χ0n) is 17.9. The monoisotopic (exact) mass is 474 g/mol. The van der Waals surface area contributed by atoms with E-state index in [1.807, 2.05) is 12.1 Å². The van der Waals surface area contributed by atoms with Crippen LogP contribution in [0, 0.1) is 20.8 Å². The van der Waals surface area contributed by atoms with Gasteiger partial charge in [0.2, 0.25) is 0 Å². The van der Waals surface area contributed by atoms with Crippen molar-refractivity contribution in [2.24, 2.45) is 0 Å². The van der Waals surface area contributed by atoms with Gasteiger partial charge >= 0.3 is 0 Å².